The lowest BCUT2D eigenvalue weighted by atomic mass is 10.0. The van der Waals surface area contributed by atoms with E-state index in [0.717, 1.165) is 0 Å². The first-order valence-corrected chi connectivity index (χ1v) is 6.51. The van der Waals surface area contributed by atoms with Gasteiger partial charge >= 0.3 is 0 Å². The monoisotopic (exact) mass is 274 g/mol. The molecule has 0 radical (unpaired) electrons. The number of ketones is 1. The Labute approximate surface area is 118 Å². The molecule has 0 spiro atoms. The molecule has 0 saturated heterocycles. The molecule has 98 valence electrons. The highest BCUT2D eigenvalue weighted by Crippen LogP contribution is 2.23. The van der Waals surface area contributed by atoms with Crippen molar-refractivity contribution in [3.63, 3.8) is 0 Å². The van der Waals surface area contributed by atoms with Gasteiger partial charge in [0.2, 0.25) is 0 Å². The van der Waals surface area contributed by atoms with Crippen molar-refractivity contribution in [3.05, 3.63) is 64.7 Å². The van der Waals surface area contributed by atoms with Crippen LogP contribution in [-0.2, 0) is 0 Å². The quantitative estimate of drug-likeness (QED) is 0.775. The van der Waals surface area contributed by atoms with E-state index in [0.29, 0.717) is 21.9 Å². The SMILES string of the molecule is CC(C)Oc1ccccc1C(=O)c1ccc(Cl)cc1. The van der Waals surface area contributed by atoms with Crippen molar-refractivity contribution >= 4 is 17.4 Å². The fourth-order valence-corrected chi connectivity index (χ4v) is 1.89. The second-order valence-corrected chi connectivity index (χ2v) is 4.94. The second-order valence-electron chi connectivity index (χ2n) is 4.50. The topological polar surface area (TPSA) is 26.3 Å². The zero-order valence-corrected chi connectivity index (χ0v) is 11.6. The molecule has 0 heterocycles. The third kappa shape index (κ3) is 3.36. The summed E-state index contributed by atoms with van der Waals surface area (Å²) in [5.74, 6) is 0.547. The Bertz CT molecular complexity index is 574. The highest BCUT2D eigenvalue weighted by atomic mass is 35.5. The minimum atomic E-state index is -0.0621. The van der Waals surface area contributed by atoms with E-state index in [-0.39, 0.29) is 11.9 Å². The maximum Gasteiger partial charge on any atom is 0.196 e. The van der Waals surface area contributed by atoms with Gasteiger partial charge in [-0.05, 0) is 50.2 Å². The van der Waals surface area contributed by atoms with Crippen molar-refractivity contribution < 1.29 is 9.53 Å². The van der Waals surface area contributed by atoms with Gasteiger partial charge in [-0.1, -0.05) is 23.7 Å². The normalized spacial score (nSPS) is 10.5. The summed E-state index contributed by atoms with van der Waals surface area (Å²) in [4.78, 5) is 12.4. The minimum absolute atomic E-state index is 0.0270. The van der Waals surface area contributed by atoms with Gasteiger partial charge in [0.05, 0.1) is 11.7 Å². The number of para-hydroxylation sites is 1. The maximum atomic E-state index is 12.4. The summed E-state index contributed by atoms with van der Waals surface area (Å²) in [6.07, 6.45) is 0.0270. The molecule has 0 bridgehead atoms. The van der Waals surface area contributed by atoms with Crippen molar-refractivity contribution in [1.29, 1.82) is 0 Å². The van der Waals surface area contributed by atoms with Crippen molar-refractivity contribution in [2.75, 3.05) is 0 Å². The van der Waals surface area contributed by atoms with Gasteiger partial charge < -0.3 is 4.74 Å². The van der Waals surface area contributed by atoms with Crippen molar-refractivity contribution in [1.82, 2.24) is 0 Å². The van der Waals surface area contributed by atoms with Crippen LogP contribution in [0.5, 0.6) is 5.75 Å². The first-order chi connectivity index (χ1) is 9.08. The highest BCUT2D eigenvalue weighted by molar-refractivity contribution is 6.30. The smallest absolute Gasteiger partial charge is 0.196 e. The van der Waals surface area contributed by atoms with E-state index < -0.39 is 0 Å². The van der Waals surface area contributed by atoms with E-state index in [2.05, 4.69) is 0 Å². The number of halogens is 1. The van der Waals surface area contributed by atoms with Crippen molar-refractivity contribution in [2.45, 2.75) is 20.0 Å². The zero-order valence-electron chi connectivity index (χ0n) is 10.9. The van der Waals surface area contributed by atoms with Crippen molar-refractivity contribution in [3.8, 4) is 5.75 Å². The largest absolute Gasteiger partial charge is 0.490 e. The predicted molar refractivity (Wildman–Crippen MR) is 77.1 cm³/mol. The fourth-order valence-electron chi connectivity index (χ4n) is 1.77. The van der Waals surface area contributed by atoms with Gasteiger partial charge in [-0.15, -0.1) is 0 Å². The van der Waals surface area contributed by atoms with Crippen LogP contribution in [0.25, 0.3) is 0 Å². The van der Waals surface area contributed by atoms with Gasteiger partial charge in [-0.2, -0.15) is 0 Å². The molecule has 0 aliphatic rings. The average Bonchev–Trinajstić information content (AvgIpc) is 2.39. The summed E-state index contributed by atoms with van der Waals surface area (Å²) in [7, 11) is 0. The second kappa shape index (κ2) is 5.89. The standard InChI is InChI=1S/C16H15ClO2/c1-11(2)19-15-6-4-3-5-14(15)16(18)12-7-9-13(17)10-8-12/h3-11H,1-2H3. The van der Waals surface area contributed by atoms with Crippen LogP contribution in [0.2, 0.25) is 5.02 Å². The Morgan fingerprint density at radius 3 is 2.32 bits per heavy atom. The van der Waals surface area contributed by atoms with Crippen LogP contribution in [0.1, 0.15) is 29.8 Å². The molecular weight excluding hydrogens is 260 g/mol. The van der Waals surface area contributed by atoms with Crippen LogP contribution in [0.4, 0.5) is 0 Å². The molecule has 0 aromatic heterocycles. The molecule has 2 rings (SSSR count). The number of carbonyl (C=O) groups excluding carboxylic acids is 1. The fraction of sp³-hybridized carbons (Fsp3) is 0.188. The van der Waals surface area contributed by atoms with Crippen LogP contribution in [0, 0.1) is 0 Å². The van der Waals surface area contributed by atoms with Crippen LogP contribution < -0.4 is 4.74 Å². The van der Waals surface area contributed by atoms with Crippen LogP contribution in [-0.4, -0.2) is 11.9 Å². The number of hydrogen-bond acceptors (Lipinski definition) is 2. The summed E-state index contributed by atoms with van der Waals surface area (Å²) in [5.41, 5.74) is 1.17. The van der Waals surface area contributed by atoms with E-state index in [1.54, 1.807) is 30.3 Å². The molecule has 0 aliphatic carbocycles. The van der Waals surface area contributed by atoms with E-state index in [9.17, 15) is 4.79 Å². The predicted octanol–water partition coefficient (Wildman–Crippen LogP) is 4.36. The van der Waals surface area contributed by atoms with E-state index >= 15 is 0 Å². The number of benzene rings is 2. The number of hydrogen-bond donors (Lipinski definition) is 0. The molecule has 0 amide bonds. The summed E-state index contributed by atoms with van der Waals surface area (Å²) in [5, 5.41) is 0.614. The van der Waals surface area contributed by atoms with Crippen LogP contribution >= 0.6 is 11.6 Å². The molecular formula is C16H15ClO2. The summed E-state index contributed by atoms with van der Waals surface area (Å²) in [6.45, 7) is 3.87. The zero-order chi connectivity index (χ0) is 13.8. The Kier molecular flexibility index (Phi) is 4.23. The summed E-state index contributed by atoms with van der Waals surface area (Å²) >= 11 is 5.83. The lowest BCUT2D eigenvalue weighted by Crippen LogP contribution is -2.10. The lowest BCUT2D eigenvalue weighted by Gasteiger charge is -2.13. The Morgan fingerprint density at radius 2 is 1.68 bits per heavy atom. The molecule has 0 fully saturated rings. The molecule has 19 heavy (non-hydrogen) atoms. The molecule has 0 saturated carbocycles. The molecule has 0 unspecified atom stereocenters. The summed E-state index contributed by atoms with van der Waals surface area (Å²) < 4.78 is 5.66. The summed E-state index contributed by atoms with van der Waals surface area (Å²) in [6, 6.07) is 14.1. The minimum Gasteiger partial charge on any atom is -0.490 e. The molecule has 0 aliphatic heterocycles. The third-order valence-electron chi connectivity index (χ3n) is 2.60. The number of ether oxygens (including phenoxy) is 1. The van der Waals surface area contributed by atoms with Crippen molar-refractivity contribution in [2.24, 2.45) is 0 Å². The Balaban J connectivity index is 2.35. The lowest BCUT2D eigenvalue weighted by molar-refractivity contribution is 0.103. The van der Waals surface area contributed by atoms with E-state index in [4.69, 9.17) is 16.3 Å². The van der Waals surface area contributed by atoms with Gasteiger partial charge in [0.15, 0.2) is 5.78 Å². The van der Waals surface area contributed by atoms with E-state index in [1.165, 1.54) is 0 Å². The average molecular weight is 275 g/mol. The van der Waals surface area contributed by atoms with Gasteiger partial charge in [0, 0.05) is 10.6 Å². The van der Waals surface area contributed by atoms with Crippen LogP contribution in [0.15, 0.2) is 48.5 Å². The van der Waals surface area contributed by atoms with Crippen LogP contribution in [0.3, 0.4) is 0 Å². The molecule has 2 aromatic rings. The first-order valence-electron chi connectivity index (χ1n) is 6.14. The van der Waals surface area contributed by atoms with Gasteiger partial charge in [0.1, 0.15) is 5.75 Å². The number of rotatable bonds is 4. The molecule has 3 heteroatoms. The van der Waals surface area contributed by atoms with Gasteiger partial charge in [-0.25, -0.2) is 0 Å². The van der Waals surface area contributed by atoms with Gasteiger partial charge in [-0.3, -0.25) is 4.79 Å². The molecule has 2 aromatic carbocycles. The number of carbonyl (C=O) groups is 1. The Hall–Kier alpha value is -1.80. The first kappa shape index (κ1) is 13.6. The third-order valence-corrected chi connectivity index (χ3v) is 2.85. The van der Waals surface area contributed by atoms with Gasteiger partial charge in [0.25, 0.3) is 0 Å². The molecule has 0 atom stereocenters. The highest BCUT2D eigenvalue weighted by Gasteiger charge is 2.14. The van der Waals surface area contributed by atoms with E-state index in [1.807, 2.05) is 32.0 Å². The maximum absolute atomic E-state index is 12.4. The molecule has 0 N–H and O–H groups in total. The molecule has 2 nitrogen and oxygen atoms in total. The Morgan fingerprint density at radius 1 is 1.05 bits per heavy atom.